The minimum absolute atomic E-state index is 0.301. The number of rotatable bonds is 8. The molecular formula is C12H21N3O2S. The van der Waals surface area contributed by atoms with Gasteiger partial charge in [-0.25, -0.2) is 13.1 Å². The second-order valence-electron chi connectivity index (χ2n) is 3.92. The van der Waals surface area contributed by atoms with Crippen LogP contribution in [0.15, 0.2) is 29.2 Å². The molecule has 0 heterocycles. The number of hydrogen-bond donors (Lipinski definition) is 3. The van der Waals surface area contributed by atoms with Crippen molar-refractivity contribution >= 4 is 15.7 Å². The number of hydrogen-bond acceptors (Lipinski definition) is 4. The van der Waals surface area contributed by atoms with Gasteiger partial charge in [0.2, 0.25) is 10.0 Å². The third-order valence-corrected chi connectivity index (χ3v) is 3.93. The first kappa shape index (κ1) is 14.9. The second kappa shape index (κ2) is 7.35. The summed E-state index contributed by atoms with van der Waals surface area (Å²) in [6.07, 6.45) is 0.772. The number of nitrogens with one attached hydrogen (secondary N) is 3. The van der Waals surface area contributed by atoms with E-state index in [1.807, 2.05) is 20.0 Å². The summed E-state index contributed by atoms with van der Waals surface area (Å²) in [4.78, 5) is 0.301. The van der Waals surface area contributed by atoms with Gasteiger partial charge in [0.05, 0.1) is 5.69 Å². The Balaban J connectivity index is 2.87. The van der Waals surface area contributed by atoms with Gasteiger partial charge in [0.15, 0.2) is 0 Å². The first-order chi connectivity index (χ1) is 8.61. The van der Waals surface area contributed by atoms with Crippen LogP contribution in [0, 0.1) is 0 Å². The number of benzene rings is 1. The molecule has 3 N–H and O–H groups in total. The Kier molecular flexibility index (Phi) is 6.11. The van der Waals surface area contributed by atoms with Crippen molar-refractivity contribution in [2.24, 2.45) is 0 Å². The molecule has 0 radical (unpaired) electrons. The highest BCUT2D eigenvalue weighted by Crippen LogP contribution is 2.20. The van der Waals surface area contributed by atoms with E-state index in [9.17, 15) is 8.42 Å². The van der Waals surface area contributed by atoms with Crippen molar-refractivity contribution in [3.8, 4) is 0 Å². The zero-order valence-electron chi connectivity index (χ0n) is 10.9. The number of para-hydroxylation sites is 1. The van der Waals surface area contributed by atoms with Crippen molar-refractivity contribution in [2.45, 2.75) is 18.2 Å². The number of sulfonamides is 1. The molecule has 0 fully saturated rings. The molecule has 1 aromatic rings. The van der Waals surface area contributed by atoms with Gasteiger partial charge in [0, 0.05) is 19.6 Å². The van der Waals surface area contributed by atoms with E-state index in [0.29, 0.717) is 23.7 Å². The molecule has 0 atom stereocenters. The molecule has 5 nitrogen and oxygen atoms in total. The van der Waals surface area contributed by atoms with Crippen molar-refractivity contribution in [1.29, 1.82) is 0 Å². The number of likely N-dealkylation sites (N-methyl/N-ethyl adjacent to an activating group) is 1. The van der Waals surface area contributed by atoms with Crippen LogP contribution in [0.3, 0.4) is 0 Å². The lowest BCUT2D eigenvalue weighted by molar-refractivity contribution is 0.581. The van der Waals surface area contributed by atoms with E-state index in [4.69, 9.17) is 0 Å². The molecule has 0 amide bonds. The van der Waals surface area contributed by atoms with Gasteiger partial charge in [-0.1, -0.05) is 19.1 Å². The van der Waals surface area contributed by atoms with Gasteiger partial charge >= 0.3 is 0 Å². The smallest absolute Gasteiger partial charge is 0.242 e. The van der Waals surface area contributed by atoms with Crippen LogP contribution < -0.4 is 15.4 Å². The molecule has 0 saturated carbocycles. The molecule has 0 saturated heterocycles. The summed E-state index contributed by atoms with van der Waals surface area (Å²) in [6.45, 7) is 3.83. The highest BCUT2D eigenvalue weighted by molar-refractivity contribution is 7.89. The molecule has 0 aliphatic heterocycles. The maximum atomic E-state index is 12.1. The predicted octanol–water partition coefficient (Wildman–Crippen LogP) is 1.01. The summed E-state index contributed by atoms with van der Waals surface area (Å²) in [5, 5.41) is 6.12. The lowest BCUT2D eigenvalue weighted by atomic mass is 10.3. The van der Waals surface area contributed by atoms with Gasteiger partial charge in [0.25, 0.3) is 0 Å². The Hall–Kier alpha value is -1.11. The van der Waals surface area contributed by atoms with Crippen molar-refractivity contribution < 1.29 is 8.42 Å². The molecule has 102 valence electrons. The Morgan fingerprint density at radius 3 is 2.50 bits per heavy atom. The van der Waals surface area contributed by atoms with E-state index >= 15 is 0 Å². The standard InChI is InChI=1S/C12H21N3O2S/c1-3-8-15-18(16,17)12-7-5-4-6-11(12)14-10-9-13-2/h4-7,13-15H,3,8-10H2,1-2H3. The zero-order chi connectivity index (χ0) is 13.4. The van der Waals surface area contributed by atoms with Gasteiger partial charge in [-0.3, -0.25) is 0 Å². The van der Waals surface area contributed by atoms with Crippen molar-refractivity contribution in [3.05, 3.63) is 24.3 Å². The van der Waals surface area contributed by atoms with Crippen LogP contribution >= 0.6 is 0 Å². The van der Waals surface area contributed by atoms with Gasteiger partial charge in [0.1, 0.15) is 4.90 Å². The first-order valence-electron chi connectivity index (χ1n) is 6.09. The van der Waals surface area contributed by atoms with E-state index in [0.717, 1.165) is 13.0 Å². The molecule has 0 aliphatic carbocycles. The number of anilines is 1. The topological polar surface area (TPSA) is 70.2 Å². The third kappa shape index (κ3) is 4.29. The summed E-state index contributed by atoms with van der Waals surface area (Å²) in [5.74, 6) is 0. The first-order valence-corrected chi connectivity index (χ1v) is 7.57. The van der Waals surface area contributed by atoms with E-state index in [1.54, 1.807) is 18.2 Å². The van der Waals surface area contributed by atoms with Crippen LogP contribution in [-0.2, 0) is 10.0 Å². The fraction of sp³-hybridized carbons (Fsp3) is 0.500. The predicted molar refractivity (Wildman–Crippen MR) is 74.3 cm³/mol. The highest BCUT2D eigenvalue weighted by Gasteiger charge is 2.16. The average Bonchev–Trinajstić information content (AvgIpc) is 2.37. The Bertz CT molecular complexity index is 460. The van der Waals surface area contributed by atoms with Crippen LogP contribution in [0.5, 0.6) is 0 Å². The van der Waals surface area contributed by atoms with Crippen LogP contribution in [0.4, 0.5) is 5.69 Å². The fourth-order valence-corrected chi connectivity index (χ4v) is 2.80. The minimum Gasteiger partial charge on any atom is -0.383 e. The average molecular weight is 271 g/mol. The fourth-order valence-electron chi connectivity index (χ4n) is 1.48. The Morgan fingerprint density at radius 1 is 1.11 bits per heavy atom. The third-order valence-electron chi connectivity index (χ3n) is 2.41. The summed E-state index contributed by atoms with van der Waals surface area (Å²) in [5.41, 5.74) is 0.636. The molecule has 0 unspecified atom stereocenters. The summed E-state index contributed by atoms with van der Waals surface area (Å²) < 4.78 is 26.7. The van der Waals surface area contributed by atoms with Crippen molar-refractivity contribution in [2.75, 3.05) is 32.0 Å². The SMILES string of the molecule is CCCNS(=O)(=O)c1ccccc1NCCNC. The van der Waals surface area contributed by atoms with E-state index in [-0.39, 0.29) is 0 Å². The van der Waals surface area contributed by atoms with E-state index in [1.165, 1.54) is 0 Å². The second-order valence-corrected chi connectivity index (χ2v) is 5.66. The monoisotopic (exact) mass is 271 g/mol. The van der Waals surface area contributed by atoms with Crippen LogP contribution in [-0.4, -0.2) is 35.1 Å². The lowest BCUT2D eigenvalue weighted by Crippen LogP contribution is -2.26. The quantitative estimate of drug-likeness (QED) is 0.617. The van der Waals surface area contributed by atoms with Gasteiger partial charge < -0.3 is 10.6 Å². The molecule has 1 rings (SSSR count). The molecule has 0 spiro atoms. The Morgan fingerprint density at radius 2 is 1.83 bits per heavy atom. The van der Waals surface area contributed by atoms with E-state index < -0.39 is 10.0 Å². The van der Waals surface area contributed by atoms with Gasteiger partial charge in [-0.2, -0.15) is 0 Å². The summed E-state index contributed by atoms with van der Waals surface area (Å²) >= 11 is 0. The molecule has 1 aromatic carbocycles. The van der Waals surface area contributed by atoms with Crippen LogP contribution in [0.1, 0.15) is 13.3 Å². The molecule has 0 aliphatic rings. The molecular weight excluding hydrogens is 250 g/mol. The van der Waals surface area contributed by atoms with E-state index in [2.05, 4.69) is 15.4 Å². The largest absolute Gasteiger partial charge is 0.383 e. The molecule has 0 aromatic heterocycles. The maximum absolute atomic E-state index is 12.1. The molecule has 6 heteroatoms. The van der Waals surface area contributed by atoms with Crippen molar-refractivity contribution in [3.63, 3.8) is 0 Å². The van der Waals surface area contributed by atoms with Gasteiger partial charge in [-0.15, -0.1) is 0 Å². The molecule has 0 bridgehead atoms. The Labute approximate surface area is 109 Å². The maximum Gasteiger partial charge on any atom is 0.242 e. The minimum atomic E-state index is -3.42. The molecule has 18 heavy (non-hydrogen) atoms. The summed E-state index contributed by atoms with van der Waals surface area (Å²) in [7, 11) is -1.57. The highest BCUT2D eigenvalue weighted by atomic mass is 32.2. The summed E-state index contributed by atoms with van der Waals surface area (Å²) in [6, 6.07) is 6.93. The van der Waals surface area contributed by atoms with Crippen LogP contribution in [0.2, 0.25) is 0 Å². The van der Waals surface area contributed by atoms with Gasteiger partial charge in [-0.05, 0) is 25.6 Å². The normalized spacial score (nSPS) is 11.4. The zero-order valence-corrected chi connectivity index (χ0v) is 11.7. The lowest BCUT2D eigenvalue weighted by Gasteiger charge is -2.12. The van der Waals surface area contributed by atoms with Crippen molar-refractivity contribution in [1.82, 2.24) is 10.0 Å². The van der Waals surface area contributed by atoms with Crippen LogP contribution in [0.25, 0.3) is 0 Å².